The van der Waals surface area contributed by atoms with Crippen LogP contribution in [0, 0.1) is 0 Å². The number of alkyl halides is 3. The second kappa shape index (κ2) is 6.78. The molecule has 0 amide bonds. The number of hydrogen-bond donors (Lipinski definition) is 0. The van der Waals surface area contributed by atoms with Crippen LogP contribution in [0.4, 0.5) is 13.2 Å². The highest BCUT2D eigenvalue weighted by Gasteiger charge is 2.30. The van der Waals surface area contributed by atoms with Crippen molar-refractivity contribution in [1.82, 2.24) is 19.9 Å². The lowest BCUT2D eigenvalue weighted by molar-refractivity contribution is -0.137. The molecule has 0 unspecified atom stereocenters. The van der Waals surface area contributed by atoms with E-state index in [-0.39, 0.29) is 29.9 Å². The van der Waals surface area contributed by atoms with Crippen LogP contribution in [0.15, 0.2) is 59.2 Å². The lowest BCUT2D eigenvalue weighted by Crippen LogP contribution is -2.17. The topological polar surface area (TPSA) is 100 Å². The van der Waals surface area contributed by atoms with E-state index < -0.39 is 17.5 Å². The van der Waals surface area contributed by atoms with Crippen molar-refractivity contribution in [3.63, 3.8) is 0 Å². The Hall–Kier alpha value is -3.15. The largest absolute Gasteiger partial charge is 0.444 e. The molecule has 4 rings (SSSR count). The van der Waals surface area contributed by atoms with Crippen molar-refractivity contribution in [1.29, 1.82) is 0 Å². The first kappa shape index (κ1) is 18.2. The maximum Gasteiger partial charge on any atom is 0.437 e. The number of benzene rings is 1. The standard InChI is InChI=1S/C16H8BrF3N4O4/c17-11-6-5-10(26-11)14-22-24(15(25)27-14)7-12-21-13(28-23-12)8-1-3-9(4-2-8)16(18,19)20/h1-6H,7H2. The molecule has 0 saturated heterocycles. The summed E-state index contributed by atoms with van der Waals surface area (Å²) >= 11 is 3.13. The zero-order valence-electron chi connectivity index (χ0n) is 13.6. The monoisotopic (exact) mass is 456 g/mol. The molecule has 4 aromatic rings. The fourth-order valence-electron chi connectivity index (χ4n) is 2.31. The molecule has 0 saturated carbocycles. The number of nitrogens with zero attached hydrogens (tertiary/aromatic N) is 4. The van der Waals surface area contributed by atoms with Gasteiger partial charge in [0.25, 0.3) is 11.8 Å². The molecule has 28 heavy (non-hydrogen) atoms. The quantitative estimate of drug-likeness (QED) is 0.457. The molecule has 3 aromatic heterocycles. The van der Waals surface area contributed by atoms with E-state index in [1.807, 2.05) is 0 Å². The molecule has 0 atom stereocenters. The van der Waals surface area contributed by atoms with Crippen LogP contribution in [-0.4, -0.2) is 19.9 Å². The number of rotatable bonds is 4. The lowest BCUT2D eigenvalue weighted by Gasteiger charge is -2.05. The predicted octanol–water partition coefficient (Wildman–Crippen LogP) is 3.98. The summed E-state index contributed by atoms with van der Waals surface area (Å²) in [6.07, 6.45) is -4.44. The van der Waals surface area contributed by atoms with Crippen LogP contribution in [0.5, 0.6) is 0 Å². The molecule has 12 heteroatoms. The lowest BCUT2D eigenvalue weighted by atomic mass is 10.1. The molecule has 8 nitrogen and oxygen atoms in total. The Bertz CT molecular complexity index is 1170. The molecule has 3 heterocycles. The minimum atomic E-state index is -4.44. The van der Waals surface area contributed by atoms with Crippen molar-refractivity contribution >= 4 is 15.9 Å². The molecule has 0 spiro atoms. The van der Waals surface area contributed by atoms with Gasteiger partial charge in [0.2, 0.25) is 0 Å². The number of furan rings is 1. The van der Waals surface area contributed by atoms with E-state index in [0.717, 1.165) is 16.8 Å². The molecule has 0 aliphatic carbocycles. The molecule has 0 fully saturated rings. The van der Waals surface area contributed by atoms with Crippen molar-refractivity contribution < 1.29 is 26.5 Å². The molecule has 0 bridgehead atoms. The summed E-state index contributed by atoms with van der Waals surface area (Å²) in [6.45, 7) is -0.158. The highest BCUT2D eigenvalue weighted by Crippen LogP contribution is 2.30. The summed E-state index contributed by atoms with van der Waals surface area (Å²) in [5.74, 6) is -0.431. The highest BCUT2D eigenvalue weighted by atomic mass is 79.9. The van der Waals surface area contributed by atoms with Crippen molar-refractivity contribution in [2.75, 3.05) is 0 Å². The Labute approximate surface area is 161 Å². The second-order valence-electron chi connectivity index (χ2n) is 5.53. The number of halogens is 4. The fourth-order valence-corrected chi connectivity index (χ4v) is 2.61. The molecule has 1 aromatic carbocycles. The van der Waals surface area contributed by atoms with Gasteiger partial charge in [-0.3, -0.25) is 0 Å². The summed E-state index contributed by atoms with van der Waals surface area (Å²) < 4.78 is 54.6. The predicted molar refractivity (Wildman–Crippen MR) is 90.0 cm³/mol. The van der Waals surface area contributed by atoms with Gasteiger partial charge in [-0.2, -0.15) is 22.8 Å². The zero-order valence-corrected chi connectivity index (χ0v) is 15.2. The summed E-state index contributed by atoms with van der Waals surface area (Å²) in [5.41, 5.74) is -0.484. The Balaban J connectivity index is 1.54. The number of aromatic nitrogens is 4. The van der Waals surface area contributed by atoms with Gasteiger partial charge in [-0.25, -0.2) is 4.79 Å². The van der Waals surface area contributed by atoms with E-state index in [1.54, 1.807) is 12.1 Å². The zero-order chi connectivity index (χ0) is 19.9. The van der Waals surface area contributed by atoms with Crippen molar-refractivity contribution in [2.24, 2.45) is 0 Å². The number of hydrogen-bond acceptors (Lipinski definition) is 7. The maximum absolute atomic E-state index is 12.6. The van der Waals surface area contributed by atoms with Gasteiger partial charge in [0, 0.05) is 5.56 Å². The molecule has 0 aliphatic rings. The highest BCUT2D eigenvalue weighted by molar-refractivity contribution is 9.10. The minimum absolute atomic E-state index is 0.00968. The summed E-state index contributed by atoms with van der Waals surface area (Å²) in [7, 11) is 0. The van der Waals surface area contributed by atoms with Gasteiger partial charge in [-0.1, -0.05) is 5.16 Å². The second-order valence-corrected chi connectivity index (χ2v) is 6.31. The smallest absolute Gasteiger partial charge is 0.437 e. The molecule has 144 valence electrons. The first-order valence-electron chi connectivity index (χ1n) is 7.63. The van der Waals surface area contributed by atoms with Crippen LogP contribution in [-0.2, 0) is 12.7 Å². The van der Waals surface area contributed by atoms with Crippen molar-refractivity contribution in [2.45, 2.75) is 12.7 Å². The van der Waals surface area contributed by atoms with E-state index in [4.69, 9.17) is 13.4 Å². The van der Waals surface area contributed by atoms with E-state index in [1.165, 1.54) is 12.1 Å². The van der Waals surface area contributed by atoms with Gasteiger partial charge in [0.15, 0.2) is 16.3 Å². The van der Waals surface area contributed by atoms with Gasteiger partial charge < -0.3 is 13.4 Å². The molecule has 0 aliphatic heterocycles. The van der Waals surface area contributed by atoms with Crippen LogP contribution in [0.3, 0.4) is 0 Å². The van der Waals surface area contributed by atoms with Gasteiger partial charge in [0.05, 0.1) is 5.56 Å². The Morgan fingerprint density at radius 1 is 1.04 bits per heavy atom. The van der Waals surface area contributed by atoms with E-state index in [0.29, 0.717) is 10.2 Å². The Morgan fingerprint density at radius 2 is 1.79 bits per heavy atom. The third-order valence-electron chi connectivity index (χ3n) is 3.61. The average Bonchev–Trinajstić information content (AvgIpc) is 3.36. The maximum atomic E-state index is 12.6. The van der Waals surface area contributed by atoms with Crippen LogP contribution in [0.2, 0.25) is 0 Å². The molecular weight excluding hydrogens is 449 g/mol. The summed E-state index contributed by atoms with van der Waals surface area (Å²) in [5, 5.41) is 7.69. The first-order valence-corrected chi connectivity index (χ1v) is 8.43. The molecular formula is C16H8BrF3N4O4. The van der Waals surface area contributed by atoms with Crippen LogP contribution in [0.1, 0.15) is 11.4 Å². The summed E-state index contributed by atoms with van der Waals surface area (Å²) in [6, 6.07) is 7.44. The SMILES string of the molecule is O=c1oc(-c2ccc(Br)o2)nn1Cc1noc(-c2ccc(C(F)(F)F)cc2)n1. The Kier molecular flexibility index (Phi) is 4.41. The van der Waals surface area contributed by atoms with Gasteiger partial charge in [0.1, 0.15) is 6.54 Å². The van der Waals surface area contributed by atoms with Crippen molar-refractivity contribution in [3.8, 4) is 23.1 Å². The van der Waals surface area contributed by atoms with Gasteiger partial charge in [-0.05, 0) is 52.3 Å². The molecule has 0 N–H and O–H groups in total. The van der Waals surface area contributed by atoms with E-state index in [9.17, 15) is 18.0 Å². The third kappa shape index (κ3) is 3.63. The summed E-state index contributed by atoms with van der Waals surface area (Å²) in [4.78, 5) is 16.0. The average molecular weight is 457 g/mol. The van der Waals surface area contributed by atoms with Gasteiger partial charge in [-0.15, -0.1) is 5.10 Å². The first-order chi connectivity index (χ1) is 13.3. The van der Waals surface area contributed by atoms with E-state index in [2.05, 4.69) is 31.2 Å². The normalized spacial score (nSPS) is 11.9. The van der Waals surface area contributed by atoms with E-state index >= 15 is 0 Å². The Morgan fingerprint density at radius 3 is 2.43 bits per heavy atom. The van der Waals surface area contributed by atoms with Gasteiger partial charge >= 0.3 is 11.9 Å². The third-order valence-corrected chi connectivity index (χ3v) is 4.03. The fraction of sp³-hybridized carbons (Fsp3) is 0.125. The van der Waals surface area contributed by atoms with Crippen LogP contribution in [0.25, 0.3) is 23.1 Å². The minimum Gasteiger partial charge on any atom is -0.444 e. The molecule has 0 radical (unpaired) electrons. The van der Waals surface area contributed by atoms with Crippen molar-refractivity contribution in [3.05, 3.63) is 63.0 Å². The van der Waals surface area contributed by atoms with Crippen LogP contribution < -0.4 is 5.76 Å². The van der Waals surface area contributed by atoms with Crippen LogP contribution >= 0.6 is 15.9 Å².